The SMILES string of the molecule is COc1ccc(N2CCN(c3ccc(NC(=O)c4cccs4)cn3)CC2)cc1. The number of pyridine rings is 1. The molecule has 4 rings (SSSR count). The highest BCUT2D eigenvalue weighted by atomic mass is 32.1. The average Bonchev–Trinajstić information content (AvgIpc) is 3.30. The molecule has 28 heavy (non-hydrogen) atoms. The normalized spacial score (nSPS) is 14.0. The van der Waals surface area contributed by atoms with Crippen LogP contribution >= 0.6 is 11.3 Å². The van der Waals surface area contributed by atoms with E-state index < -0.39 is 0 Å². The maximum atomic E-state index is 12.1. The molecule has 0 atom stereocenters. The van der Waals surface area contributed by atoms with Crippen LogP contribution in [-0.4, -0.2) is 44.2 Å². The number of aromatic nitrogens is 1. The number of nitrogens with one attached hydrogen (secondary N) is 1. The minimum atomic E-state index is -0.0994. The Morgan fingerprint density at radius 2 is 1.79 bits per heavy atom. The Bertz CT molecular complexity index is 903. The standard InChI is InChI=1S/C21H22N4O2S/c1-27-18-7-5-17(6-8-18)24-10-12-25(13-11-24)20-9-4-16(15-22-20)23-21(26)19-3-2-14-28-19/h2-9,14-15H,10-13H2,1H3,(H,23,26). The van der Waals surface area contributed by atoms with Crippen molar-refractivity contribution in [2.24, 2.45) is 0 Å². The number of rotatable bonds is 5. The van der Waals surface area contributed by atoms with Crippen LogP contribution < -0.4 is 19.9 Å². The predicted molar refractivity (Wildman–Crippen MR) is 114 cm³/mol. The van der Waals surface area contributed by atoms with Gasteiger partial charge in [0.25, 0.3) is 5.91 Å². The fourth-order valence-corrected chi connectivity index (χ4v) is 3.85. The van der Waals surface area contributed by atoms with Crippen LogP contribution in [0, 0.1) is 0 Å². The average molecular weight is 395 g/mol. The van der Waals surface area contributed by atoms with Gasteiger partial charge in [-0.15, -0.1) is 11.3 Å². The van der Waals surface area contributed by atoms with Crippen LogP contribution in [0.25, 0.3) is 0 Å². The summed E-state index contributed by atoms with van der Waals surface area (Å²) in [5.41, 5.74) is 1.92. The van der Waals surface area contributed by atoms with Crippen LogP contribution in [0.3, 0.4) is 0 Å². The molecule has 0 spiro atoms. The number of ether oxygens (including phenoxy) is 1. The van der Waals surface area contributed by atoms with Crippen molar-refractivity contribution in [3.63, 3.8) is 0 Å². The van der Waals surface area contributed by atoms with Gasteiger partial charge in [0.2, 0.25) is 0 Å². The fraction of sp³-hybridized carbons (Fsp3) is 0.238. The molecule has 1 aliphatic heterocycles. The number of nitrogens with zero attached hydrogens (tertiary/aromatic N) is 3. The van der Waals surface area contributed by atoms with E-state index in [1.54, 1.807) is 13.3 Å². The monoisotopic (exact) mass is 394 g/mol. The van der Waals surface area contributed by atoms with Gasteiger partial charge in [-0.05, 0) is 47.8 Å². The molecule has 1 fully saturated rings. The zero-order chi connectivity index (χ0) is 19.3. The molecule has 144 valence electrons. The first kappa shape index (κ1) is 18.3. The lowest BCUT2D eigenvalue weighted by Crippen LogP contribution is -2.46. The zero-order valence-corrected chi connectivity index (χ0v) is 16.5. The summed E-state index contributed by atoms with van der Waals surface area (Å²) in [4.78, 5) is 22.0. The first-order valence-electron chi connectivity index (χ1n) is 9.18. The summed E-state index contributed by atoms with van der Waals surface area (Å²) in [5, 5.41) is 4.78. The van der Waals surface area contributed by atoms with E-state index in [0.29, 0.717) is 10.6 Å². The highest BCUT2D eigenvalue weighted by molar-refractivity contribution is 7.12. The van der Waals surface area contributed by atoms with Crippen molar-refractivity contribution < 1.29 is 9.53 Å². The first-order valence-corrected chi connectivity index (χ1v) is 10.1. The Morgan fingerprint density at radius 3 is 2.39 bits per heavy atom. The summed E-state index contributed by atoms with van der Waals surface area (Å²) >= 11 is 1.42. The number of anilines is 3. The summed E-state index contributed by atoms with van der Waals surface area (Å²) in [6, 6.07) is 15.7. The Labute approximate surface area is 168 Å². The Kier molecular flexibility index (Phi) is 5.43. The minimum Gasteiger partial charge on any atom is -0.497 e. The van der Waals surface area contributed by atoms with Gasteiger partial charge >= 0.3 is 0 Å². The third kappa shape index (κ3) is 4.09. The molecule has 0 unspecified atom stereocenters. The maximum Gasteiger partial charge on any atom is 0.265 e. The van der Waals surface area contributed by atoms with E-state index in [0.717, 1.165) is 37.7 Å². The van der Waals surface area contributed by atoms with Crippen LogP contribution in [0.15, 0.2) is 60.1 Å². The second kappa shape index (κ2) is 8.31. The van der Waals surface area contributed by atoms with Gasteiger partial charge in [0.15, 0.2) is 0 Å². The van der Waals surface area contributed by atoms with Gasteiger partial charge in [-0.1, -0.05) is 6.07 Å². The van der Waals surface area contributed by atoms with Crippen molar-refractivity contribution >= 4 is 34.4 Å². The second-order valence-electron chi connectivity index (χ2n) is 6.51. The van der Waals surface area contributed by atoms with Gasteiger partial charge < -0.3 is 19.9 Å². The molecular weight excluding hydrogens is 372 g/mol. The Morgan fingerprint density at radius 1 is 1.04 bits per heavy atom. The van der Waals surface area contributed by atoms with Crippen LogP contribution in [-0.2, 0) is 0 Å². The molecule has 0 saturated carbocycles. The molecule has 1 amide bonds. The van der Waals surface area contributed by atoms with Gasteiger partial charge in [0, 0.05) is 31.9 Å². The summed E-state index contributed by atoms with van der Waals surface area (Å²) in [6.07, 6.45) is 1.72. The zero-order valence-electron chi connectivity index (χ0n) is 15.7. The molecule has 2 aromatic heterocycles. The molecule has 0 aliphatic carbocycles. The lowest BCUT2D eigenvalue weighted by atomic mass is 10.2. The molecule has 0 radical (unpaired) electrons. The molecule has 7 heteroatoms. The van der Waals surface area contributed by atoms with Crippen molar-refractivity contribution in [1.82, 2.24) is 4.98 Å². The Hall–Kier alpha value is -3.06. The van der Waals surface area contributed by atoms with Crippen molar-refractivity contribution in [2.75, 3.05) is 48.4 Å². The number of carbonyl (C=O) groups excluding carboxylic acids is 1. The van der Waals surface area contributed by atoms with Crippen LogP contribution in [0.1, 0.15) is 9.67 Å². The number of methoxy groups -OCH3 is 1. The van der Waals surface area contributed by atoms with Crippen molar-refractivity contribution in [3.05, 3.63) is 65.0 Å². The summed E-state index contributed by atoms with van der Waals surface area (Å²) in [7, 11) is 1.68. The van der Waals surface area contributed by atoms with E-state index in [1.165, 1.54) is 17.0 Å². The fourth-order valence-electron chi connectivity index (χ4n) is 3.23. The minimum absolute atomic E-state index is 0.0994. The van der Waals surface area contributed by atoms with E-state index in [2.05, 4.69) is 32.2 Å². The lowest BCUT2D eigenvalue weighted by Gasteiger charge is -2.36. The highest BCUT2D eigenvalue weighted by Gasteiger charge is 2.18. The van der Waals surface area contributed by atoms with Crippen molar-refractivity contribution in [2.45, 2.75) is 0 Å². The molecule has 1 aromatic carbocycles. The molecule has 3 aromatic rings. The van der Waals surface area contributed by atoms with Crippen LogP contribution in [0.2, 0.25) is 0 Å². The van der Waals surface area contributed by atoms with Gasteiger partial charge in [-0.25, -0.2) is 4.98 Å². The smallest absolute Gasteiger partial charge is 0.265 e. The molecular formula is C21H22N4O2S. The Balaban J connectivity index is 1.33. The van der Waals surface area contributed by atoms with E-state index in [4.69, 9.17) is 4.74 Å². The van der Waals surface area contributed by atoms with Crippen molar-refractivity contribution in [3.8, 4) is 5.75 Å². The largest absolute Gasteiger partial charge is 0.497 e. The molecule has 1 N–H and O–H groups in total. The highest BCUT2D eigenvalue weighted by Crippen LogP contribution is 2.23. The maximum absolute atomic E-state index is 12.1. The molecule has 3 heterocycles. The molecule has 0 bridgehead atoms. The number of piperazine rings is 1. The number of carbonyl (C=O) groups is 1. The van der Waals surface area contributed by atoms with Gasteiger partial charge in [-0.2, -0.15) is 0 Å². The summed E-state index contributed by atoms with van der Waals surface area (Å²) in [5.74, 6) is 1.71. The van der Waals surface area contributed by atoms with E-state index in [1.807, 2.05) is 41.8 Å². The second-order valence-corrected chi connectivity index (χ2v) is 7.46. The third-order valence-corrected chi connectivity index (χ3v) is 5.66. The van der Waals surface area contributed by atoms with Crippen LogP contribution in [0.4, 0.5) is 17.2 Å². The molecule has 1 aliphatic rings. The topological polar surface area (TPSA) is 57.7 Å². The van der Waals surface area contributed by atoms with Gasteiger partial charge in [0.05, 0.1) is 23.9 Å². The number of thiophene rings is 1. The summed E-state index contributed by atoms with van der Waals surface area (Å²) < 4.78 is 5.23. The number of hydrogen-bond donors (Lipinski definition) is 1. The van der Waals surface area contributed by atoms with E-state index in [-0.39, 0.29) is 5.91 Å². The number of amides is 1. The lowest BCUT2D eigenvalue weighted by molar-refractivity contribution is 0.103. The quantitative estimate of drug-likeness (QED) is 0.715. The third-order valence-electron chi connectivity index (χ3n) is 4.79. The van der Waals surface area contributed by atoms with Gasteiger partial charge in [-0.3, -0.25) is 4.79 Å². The predicted octanol–water partition coefficient (Wildman–Crippen LogP) is 3.73. The summed E-state index contributed by atoms with van der Waals surface area (Å²) in [6.45, 7) is 3.68. The van der Waals surface area contributed by atoms with E-state index in [9.17, 15) is 4.79 Å². The first-order chi connectivity index (χ1) is 13.7. The molecule has 1 saturated heterocycles. The van der Waals surface area contributed by atoms with Crippen molar-refractivity contribution in [1.29, 1.82) is 0 Å². The van der Waals surface area contributed by atoms with Gasteiger partial charge in [0.1, 0.15) is 11.6 Å². The number of benzene rings is 1. The molecule has 6 nitrogen and oxygen atoms in total. The van der Waals surface area contributed by atoms with E-state index >= 15 is 0 Å². The number of hydrogen-bond acceptors (Lipinski definition) is 6. The van der Waals surface area contributed by atoms with Crippen LogP contribution in [0.5, 0.6) is 5.75 Å².